The molecule has 118 valence electrons. The number of nitrogens with one attached hydrogen (secondary N) is 1. The molecule has 0 radical (unpaired) electrons. The summed E-state index contributed by atoms with van der Waals surface area (Å²) in [7, 11) is 0. The number of pyridine rings is 1. The second kappa shape index (κ2) is 5.54. The Bertz CT molecular complexity index is 847. The number of H-pyrrole nitrogens is 1. The number of hydrogen-bond donors (Lipinski definition) is 2. The van der Waals surface area contributed by atoms with Crippen LogP contribution in [0.1, 0.15) is 30.3 Å². The molecule has 3 aromatic rings. The summed E-state index contributed by atoms with van der Waals surface area (Å²) in [5.41, 5.74) is 7.82. The number of nitrogen functional groups attached to an aromatic ring is 1. The van der Waals surface area contributed by atoms with Crippen LogP contribution >= 0.6 is 0 Å². The van der Waals surface area contributed by atoms with Crippen LogP contribution in [0.3, 0.4) is 0 Å². The predicted molar refractivity (Wildman–Crippen MR) is 82.7 cm³/mol. The number of aromatic nitrogens is 5. The molecule has 3 N–H and O–H groups in total. The predicted octanol–water partition coefficient (Wildman–Crippen LogP) is 1.81. The molecule has 3 aromatic heterocycles. The molecule has 0 aromatic carbocycles. The van der Waals surface area contributed by atoms with Gasteiger partial charge in [-0.1, -0.05) is 0 Å². The van der Waals surface area contributed by atoms with Crippen LogP contribution in [0.4, 0.5) is 10.2 Å². The van der Waals surface area contributed by atoms with E-state index in [4.69, 9.17) is 5.73 Å². The molecule has 0 saturated carbocycles. The lowest BCUT2D eigenvalue weighted by Gasteiger charge is -2.23. The van der Waals surface area contributed by atoms with Crippen molar-refractivity contribution in [3.8, 4) is 0 Å². The van der Waals surface area contributed by atoms with Gasteiger partial charge < -0.3 is 10.7 Å². The highest BCUT2D eigenvalue weighted by Gasteiger charge is 2.29. The van der Waals surface area contributed by atoms with Gasteiger partial charge in [0.05, 0.1) is 18.6 Å². The summed E-state index contributed by atoms with van der Waals surface area (Å²) in [4.78, 5) is 22.0. The Balaban J connectivity index is 1.65. The minimum Gasteiger partial charge on any atom is -0.382 e. The van der Waals surface area contributed by atoms with E-state index in [1.165, 1.54) is 6.20 Å². The first-order chi connectivity index (χ1) is 11.2. The van der Waals surface area contributed by atoms with Crippen LogP contribution in [0.2, 0.25) is 0 Å². The maximum Gasteiger partial charge on any atom is 0.183 e. The molecule has 1 fully saturated rings. The van der Waals surface area contributed by atoms with Crippen LogP contribution in [-0.2, 0) is 6.54 Å². The highest BCUT2D eigenvalue weighted by atomic mass is 19.1. The molecule has 1 saturated heterocycles. The SMILES string of the molecule is Nc1nc(C2CCCN2Cc2ccncc2F)nc2nc[nH]c12. The minimum absolute atomic E-state index is 0.0194. The molecule has 1 unspecified atom stereocenters. The Hall–Kier alpha value is -2.61. The molecular weight excluding hydrogens is 297 g/mol. The topological polar surface area (TPSA) is 96.6 Å². The zero-order valence-corrected chi connectivity index (χ0v) is 12.4. The second-order valence-electron chi connectivity index (χ2n) is 5.66. The number of aromatic amines is 1. The van der Waals surface area contributed by atoms with Crippen molar-refractivity contribution in [2.45, 2.75) is 25.4 Å². The van der Waals surface area contributed by atoms with E-state index in [2.05, 4.69) is 29.8 Å². The van der Waals surface area contributed by atoms with Crippen LogP contribution in [0.25, 0.3) is 11.2 Å². The number of hydrogen-bond acceptors (Lipinski definition) is 6. The average Bonchev–Trinajstić information content (AvgIpc) is 3.18. The lowest BCUT2D eigenvalue weighted by atomic mass is 10.2. The molecule has 8 heteroatoms. The monoisotopic (exact) mass is 313 g/mol. The molecule has 7 nitrogen and oxygen atoms in total. The van der Waals surface area contributed by atoms with E-state index in [-0.39, 0.29) is 11.9 Å². The Morgan fingerprint density at radius 1 is 1.39 bits per heavy atom. The van der Waals surface area contributed by atoms with Gasteiger partial charge in [0.25, 0.3) is 0 Å². The molecule has 23 heavy (non-hydrogen) atoms. The van der Waals surface area contributed by atoms with Crippen molar-refractivity contribution < 1.29 is 4.39 Å². The molecule has 0 bridgehead atoms. The Morgan fingerprint density at radius 3 is 3.17 bits per heavy atom. The average molecular weight is 313 g/mol. The van der Waals surface area contributed by atoms with Gasteiger partial charge in [-0.3, -0.25) is 9.88 Å². The molecule has 1 aliphatic rings. The molecule has 1 atom stereocenters. The molecular formula is C15H16FN7. The van der Waals surface area contributed by atoms with Crippen molar-refractivity contribution in [2.24, 2.45) is 0 Å². The number of nitrogens with zero attached hydrogens (tertiary/aromatic N) is 5. The Morgan fingerprint density at radius 2 is 2.30 bits per heavy atom. The fourth-order valence-corrected chi connectivity index (χ4v) is 3.08. The minimum atomic E-state index is -0.290. The number of likely N-dealkylation sites (tertiary alicyclic amines) is 1. The van der Waals surface area contributed by atoms with Crippen LogP contribution < -0.4 is 5.73 Å². The van der Waals surface area contributed by atoms with Gasteiger partial charge in [0.15, 0.2) is 17.3 Å². The van der Waals surface area contributed by atoms with Gasteiger partial charge >= 0.3 is 0 Å². The van der Waals surface area contributed by atoms with Crippen molar-refractivity contribution in [1.82, 2.24) is 29.8 Å². The van der Waals surface area contributed by atoms with Crippen LogP contribution in [0.15, 0.2) is 24.8 Å². The van der Waals surface area contributed by atoms with E-state index < -0.39 is 0 Å². The van der Waals surface area contributed by atoms with E-state index in [1.54, 1.807) is 18.6 Å². The highest BCUT2D eigenvalue weighted by molar-refractivity contribution is 5.80. The third-order valence-electron chi connectivity index (χ3n) is 4.22. The molecule has 0 aliphatic carbocycles. The molecule has 0 spiro atoms. The smallest absolute Gasteiger partial charge is 0.183 e. The van der Waals surface area contributed by atoms with Crippen LogP contribution in [0.5, 0.6) is 0 Å². The molecule has 4 heterocycles. The standard InChI is InChI=1S/C15H16FN7/c16-10-6-18-4-3-9(10)7-23-5-1-2-11(23)14-21-13(17)12-15(22-14)20-8-19-12/h3-4,6,8,11H,1-2,5,7H2,(H3,17,19,20,21,22). The number of anilines is 1. The number of imidazole rings is 1. The lowest BCUT2D eigenvalue weighted by Crippen LogP contribution is -2.25. The van der Waals surface area contributed by atoms with Crippen molar-refractivity contribution in [3.63, 3.8) is 0 Å². The van der Waals surface area contributed by atoms with Crippen molar-refractivity contribution in [2.75, 3.05) is 12.3 Å². The number of halogens is 1. The summed E-state index contributed by atoms with van der Waals surface area (Å²) in [6.07, 6.45) is 6.33. The molecule has 4 rings (SSSR count). The van der Waals surface area contributed by atoms with Crippen LogP contribution in [-0.4, -0.2) is 36.4 Å². The van der Waals surface area contributed by atoms with Gasteiger partial charge in [-0.05, 0) is 25.5 Å². The zero-order chi connectivity index (χ0) is 15.8. The maximum atomic E-state index is 13.8. The fourth-order valence-electron chi connectivity index (χ4n) is 3.08. The quantitative estimate of drug-likeness (QED) is 0.765. The van der Waals surface area contributed by atoms with Gasteiger partial charge in [0.2, 0.25) is 0 Å². The molecule has 0 amide bonds. The van der Waals surface area contributed by atoms with Crippen LogP contribution in [0, 0.1) is 5.82 Å². The summed E-state index contributed by atoms with van der Waals surface area (Å²) in [5.74, 6) is 0.750. The highest BCUT2D eigenvalue weighted by Crippen LogP contribution is 2.32. The summed E-state index contributed by atoms with van der Waals surface area (Å²) < 4.78 is 13.8. The first-order valence-corrected chi connectivity index (χ1v) is 7.51. The van der Waals surface area contributed by atoms with E-state index >= 15 is 0 Å². The fraction of sp³-hybridized carbons (Fsp3) is 0.333. The maximum absolute atomic E-state index is 13.8. The molecule has 1 aliphatic heterocycles. The van der Waals surface area contributed by atoms with E-state index in [0.717, 1.165) is 19.4 Å². The number of fused-ring (bicyclic) bond motifs is 1. The third kappa shape index (κ3) is 2.50. The number of nitrogens with two attached hydrogens (primary N) is 1. The van der Waals surface area contributed by atoms with E-state index in [0.29, 0.717) is 34.9 Å². The zero-order valence-electron chi connectivity index (χ0n) is 12.4. The summed E-state index contributed by atoms with van der Waals surface area (Å²) in [5, 5.41) is 0. The number of rotatable bonds is 3. The van der Waals surface area contributed by atoms with E-state index in [9.17, 15) is 4.39 Å². The van der Waals surface area contributed by atoms with Crippen molar-refractivity contribution >= 4 is 17.0 Å². The van der Waals surface area contributed by atoms with Gasteiger partial charge in [-0.25, -0.2) is 19.3 Å². The first kappa shape index (κ1) is 14.0. The van der Waals surface area contributed by atoms with E-state index in [1.807, 2.05) is 0 Å². The van der Waals surface area contributed by atoms with Gasteiger partial charge in [0.1, 0.15) is 11.3 Å². The van der Waals surface area contributed by atoms with Gasteiger partial charge in [-0.15, -0.1) is 0 Å². The summed E-state index contributed by atoms with van der Waals surface area (Å²) in [6, 6.07) is 1.72. The first-order valence-electron chi connectivity index (χ1n) is 7.51. The Labute approximate surface area is 131 Å². The normalized spacial score (nSPS) is 18.7. The third-order valence-corrected chi connectivity index (χ3v) is 4.22. The largest absolute Gasteiger partial charge is 0.382 e. The lowest BCUT2D eigenvalue weighted by molar-refractivity contribution is 0.237. The van der Waals surface area contributed by atoms with Gasteiger partial charge in [0, 0.05) is 18.3 Å². The Kier molecular flexibility index (Phi) is 3.38. The van der Waals surface area contributed by atoms with Crippen molar-refractivity contribution in [1.29, 1.82) is 0 Å². The summed E-state index contributed by atoms with van der Waals surface area (Å²) in [6.45, 7) is 1.37. The van der Waals surface area contributed by atoms with Crippen molar-refractivity contribution in [3.05, 3.63) is 42.0 Å². The van der Waals surface area contributed by atoms with Gasteiger partial charge in [-0.2, -0.15) is 0 Å². The second-order valence-corrected chi connectivity index (χ2v) is 5.66. The summed E-state index contributed by atoms with van der Waals surface area (Å²) >= 11 is 0.